The summed E-state index contributed by atoms with van der Waals surface area (Å²) in [6.07, 6.45) is -1.85. The van der Waals surface area contributed by atoms with Gasteiger partial charge < -0.3 is 14.0 Å². The number of para-hydroxylation sites is 1. The van der Waals surface area contributed by atoms with Crippen LogP contribution in [-0.2, 0) is 32.5 Å². The Morgan fingerprint density at radius 2 is 1.44 bits per heavy atom. The molecule has 10 nitrogen and oxygen atoms in total. The van der Waals surface area contributed by atoms with Gasteiger partial charge in [-0.15, -0.1) is 18.4 Å². The lowest BCUT2D eigenvalue weighted by atomic mass is 10.3. The van der Waals surface area contributed by atoms with Gasteiger partial charge >= 0.3 is 12.2 Å². The molecule has 2 amide bonds. The van der Waals surface area contributed by atoms with Gasteiger partial charge in [0.1, 0.15) is 5.75 Å². The number of ether oxygens (including phenoxy) is 2. The van der Waals surface area contributed by atoms with E-state index < -0.39 is 29.9 Å². The average molecular weight is 436 g/mol. The molecule has 0 N–H and O–H groups in total. The first-order valence-corrected chi connectivity index (χ1v) is 11.7. The molecular formula is C14H21N4O6PS2. The molecule has 1 heterocycles. The maximum absolute atomic E-state index is 12.9. The van der Waals surface area contributed by atoms with Crippen molar-refractivity contribution in [3.05, 3.63) is 30.3 Å². The lowest BCUT2D eigenvalue weighted by molar-refractivity contribution is 0.0507. The third-order valence-electron chi connectivity index (χ3n) is 3.37. The summed E-state index contributed by atoms with van der Waals surface area (Å²) in [5, 5.41) is 0. The first-order valence-electron chi connectivity index (χ1n) is 7.96. The number of nitrogens with zero attached hydrogens (tertiary/aromatic N) is 4. The van der Waals surface area contributed by atoms with Gasteiger partial charge in [0.15, 0.2) is 0 Å². The number of amides is 2. The van der Waals surface area contributed by atoms with E-state index in [1.165, 1.54) is 23.7 Å². The van der Waals surface area contributed by atoms with E-state index >= 15 is 0 Å². The zero-order chi connectivity index (χ0) is 20.2. The largest absolute Gasteiger partial charge is 0.448 e. The minimum absolute atomic E-state index is 0.0536. The number of benzene rings is 1. The quantitative estimate of drug-likeness (QED) is 0.660. The second-order valence-electron chi connectivity index (χ2n) is 5.05. The van der Waals surface area contributed by atoms with Crippen LogP contribution in [0.1, 0.15) is 13.8 Å². The van der Waals surface area contributed by atoms with Crippen molar-refractivity contribution in [2.24, 2.45) is 0 Å². The van der Waals surface area contributed by atoms with Gasteiger partial charge in [-0.2, -0.15) is 0 Å². The lowest BCUT2D eigenvalue weighted by Gasteiger charge is -2.48. The summed E-state index contributed by atoms with van der Waals surface area (Å²) in [5.41, 5.74) is 0. The molecule has 150 valence electrons. The van der Waals surface area contributed by atoms with Crippen LogP contribution in [-0.4, -0.2) is 62.1 Å². The highest BCUT2D eigenvalue weighted by Gasteiger charge is 2.53. The topological polar surface area (TPSA) is 91.9 Å². The van der Waals surface area contributed by atoms with E-state index in [-0.39, 0.29) is 13.2 Å². The van der Waals surface area contributed by atoms with Gasteiger partial charge in [0, 0.05) is 14.1 Å². The average Bonchev–Trinajstić information content (AvgIpc) is 2.62. The highest BCUT2D eigenvalue weighted by atomic mass is 32.5. The van der Waals surface area contributed by atoms with Gasteiger partial charge in [-0.1, -0.05) is 18.2 Å². The van der Waals surface area contributed by atoms with Crippen LogP contribution < -0.4 is 4.52 Å². The van der Waals surface area contributed by atoms with Crippen molar-refractivity contribution in [3.8, 4) is 5.75 Å². The zero-order valence-corrected chi connectivity index (χ0v) is 17.8. The van der Waals surface area contributed by atoms with E-state index in [0.717, 1.165) is 8.83 Å². The molecule has 1 saturated heterocycles. The molecular weight excluding hydrogens is 415 g/mol. The van der Waals surface area contributed by atoms with Gasteiger partial charge in [0.25, 0.3) is 17.7 Å². The van der Waals surface area contributed by atoms with Gasteiger partial charge in [-0.25, -0.2) is 13.8 Å². The summed E-state index contributed by atoms with van der Waals surface area (Å²) in [6, 6.07) is 8.69. The Kier molecular flexibility index (Phi) is 7.18. The number of hydrogen-bond acceptors (Lipinski definition) is 7. The number of carbonyl (C=O) groups is 2. The molecule has 0 unspecified atom stereocenters. The molecule has 1 aliphatic heterocycles. The Morgan fingerprint density at radius 3 is 1.85 bits per heavy atom. The van der Waals surface area contributed by atoms with Crippen LogP contribution in [0.15, 0.2) is 30.3 Å². The van der Waals surface area contributed by atoms with Crippen molar-refractivity contribution in [1.82, 2.24) is 18.4 Å². The van der Waals surface area contributed by atoms with Gasteiger partial charge in [0.05, 0.1) is 13.2 Å². The summed E-state index contributed by atoms with van der Waals surface area (Å²) < 4.78 is 32.8. The maximum Gasteiger partial charge on any atom is 0.438 e. The van der Waals surface area contributed by atoms with Crippen LogP contribution in [0.25, 0.3) is 0 Å². The lowest BCUT2D eigenvalue weighted by Crippen LogP contribution is -2.61. The number of rotatable bonds is 4. The molecule has 1 aliphatic rings. The molecule has 2 rings (SSSR count). The predicted molar refractivity (Wildman–Crippen MR) is 103 cm³/mol. The van der Waals surface area contributed by atoms with Gasteiger partial charge in [-0.3, -0.25) is 0 Å². The van der Waals surface area contributed by atoms with Crippen molar-refractivity contribution in [2.45, 2.75) is 13.8 Å². The van der Waals surface area contributed by atoms with Crippen LogP contribution in [0, 0.1) is 0 Å². The van der Waals surface area contributed by atoms with Crippen LogP contribution in [0.5, 0.6) is 5.75 Å². The molecule has 27 heavy (non-hydrogen) atoms. The van der Waals surface area contributed by atoms with E-state index in [0.29, 0.717) is 5.75 Å². The number of carbonyl (C=O) groups excluding carboxylic acids is 2. The smallest absolute Gasteiger partial charge is 0.438 e. The van der Waals surface area contributed by atoms with Crippen molar-refractivity contribution >= 4 is 41.7 Å². The summed E-state index contributed by atoms with van der Waals surface area (Å²) in [4.78, 5) is 24.8. The second-order valence-corrected chi connectivity index (χ2v) is 9.95. The van der Waals surface area contributed by atoms with Crippen LogP contribution in [0.4, 0.5) is 9.59 Å². The molecule has 0 radical (unpaired) electrons. The van der Waals surface area contributed by atoms with Crippen molar-refractivity contribution in [2.75, 3.05) is 27.3 Å². The van der Waals surface area contributed by atoms with E-state index in [2.05, 4.69) is 0 Å². The normalized spacial score (nSPS) is 23.8. The molecule has 0 aliphatic carbocycles. The first kappa shape index (κ1) is 21.6. The summed E-state index contributed by atoms with van der Waals surface area (Å²) >= 11 is 3.41. The Bertz CT molecular complexity index is 729. The molecule has 0 atom stereocenters. The maximum atomic E-state index is 12.9. The van der Waals surface area contributed by atoms with E-state index in [9.17, 15) is 13.8 Å². The SMILES string of the molecule is CCOC(=O)N1N(C)P(=S)(Oc2ccccc2)N(C)N(C(=O)OCC)S1=O. The predicted octanol–water partition coefficient (Wildman–Crippen LogP) is 2.49. The van der Waals surface area contributed by atoms with E-state index in [1.807, 2.05) is 0 Å². The Morgan fingerprint density at radius 1 is 1.00 bits per heavy atom. The summed E-state index contributed by atoms with van der Waals surface area (Å²) in [6.45, 7) is 0.0576. The summed E-state index contributed by atoms with van der Waals surface area (Å²) in [5.74, 6) is 0.430. The molecule has 0 saturated carbocycles. The second kappa shape index (κ2) is 8.98. The Labute approximate surface area is 165 Å². The fourth-order valence-corrected chi connectivity index (χ4v) is 6.54. The third kappa shape index (κ3) is 4.25. The number of hydrogen-bond donors (Lipinski definition) is 0. The highest BCUT2D eigenvalue weighted by Crippen LogP contribution is 2.57. The van der Waals surface area contributed by atoms with Crippen LogP contribution >= 0.6 is 6.57 Å². The van der Waals surface area contributed by atoms with Gasteiger partial charge in [-0.05, 0) is 37.8 Å². The molecule has 13 heteroatoms. The minimum Gasteiger partial charge on any atom is -0.448 e. The Balaban J connectivity index is 2.49. The van der Waals surface area contributed by atoms with E-state index in [4.69, 9.17) is 25.8 Å². The summed E-state index contributed by atoms with van der Waals surface area (Å²) in [7, 11) is 2.91. The fraction of sp³-hybridized carbons (Fsp3) is 0.429. The molecule has 0 aromatic heterocycles. The molecule has 1 fully saturated rings. The molecule has 0 bridgehead atoms. The van der Waals surface area contributed by atoms with Crippen molar-refractivity contribution in [3.63, 3.8) is 0 Å². The molecule has 1 aromatic rings. The third-order valence-corrected chi connectivity index (χ3v) is 8.90. The highest BCUT2D eigenvalue weighted by molar-refractivity contribution is 8.10. The minimum atomic E-state index is -3.27. The standard InChI is InChI=1S/C14H21N4O6PS2/c1-5-22-13(19)17-15(3)25(26,24-12-10-8-7-9-11-12)16(4)18(27(17)21)14(20)23-6-2/h7-11H,5-6H2,1-4H3. The van der Waals surface area contributed by atoms with Gasteiger partial charge in [0.2, 0.25) is 0 Å². The number of hydrazine groups is 2. The zero-order valence-electron chi connectivity index (χ0n) is 15.3. The Hall–Kier alpha value is -1.72. The van der Waals surface area contributed by atoms with E-state index in [1.54, 1.807) is 44.2 Å². The van der Waals surface area contributed by atoms with Crippen molar-refractivity contribution in [1.29, 1.82) is 0 Å². The monoisotopic (exact) mass is 436 g/mol. The van der Waals surface area contributed by atoms with Crippen LogP contribution in [0.3, 0.4) is 0 Å². The van der Waals surface area contributed by atoms with Crippen molar-refractivity contribution < 1.29 is 27.8 Å². The first-order chi connectivity index (χ1) is 12.8. The molecule has 1 aromatic carbocycles. The fourth-order valence-electron chi connectivity index (χ4n) is 2.13. The molecule has 0 spiro atoms. The van der Waals surface area contributed by atoms with Crippen LogP contribution in [0.2, 0.25) is 0 Å².